The molecule has 0 saturated carbocycles. The molecule has 1 atom stereocenters. The van der Waals surface area contributed by atoms with E-state index < -0.39 is 35.4 Å². The number of oxazole rings is 1. The number of pyridine rings is 1. The highest BCUT2D eigenvalue weighted by atomic mass is 19.3. The van der Waals surface area contributed by atoms with Crippen molar-refractivity contribution < 1.29 is 27.8 Å². The molecule has 0 spiro atoms. The molecule has 0 aliphatic carbocycles. The number of carbonyl (C=O) groups is 1. The first-order valence-electron chi connectivity index (χ1n) is 11.1. The van der Waals surface area contributed by atoms with Gasteiger partial charge in [-0.25, -0.2) is 23.3 Å². The summed E-state index contributed by atoms with van der Waals surface area (Å²) in [6.45, 7) is 5.19. The maximum Gasteiger partial charge on any atom is 0.292 e. The molecule has 1 aliphatic heterocycles. The molecule has 5 rings (SSSR count). The van der Waals surface area contributed by atoms with Crippen LogP contribution in [0.4, 0.5) is 8.78 Å². The van der Waals surface area contributed by atoms with Gasteiger partial charge in [0.2, 0.25) is 17.5 Å². The number of aliphatic hydroxyl groups is 1. The van der Waals surface area contributed by atoms with Crippen LogP contribution < -0.4 is 4.74 Å². The number of nitrogens with one attached hydrogen (secondary N) is 1. The Morgan fingerprint density at radius 3 is 2.91 bits per heavy atom. The molecule has 184 valence electrons. The minimum Gasteiger partial charge on any atom is -0.478 e. The number of aromatic nitrogens is 5. The molecule has 1 amide bonds. The molecule has 0 fully saturated rings. The Balaban J connectivity index is 1.62. The summed E-state index contributed by atoms with van der Waals surface area (Å²) in [5, 5.41) is 14.9. The third-order valence-corrected chi connectivity index (χ3v) is 5.81. The summed E-state index contributed by atoms with van der Waals surface area (Å²) in [7, 11) is 0. The van der Waals surface area contributed by atoms with E-state index in [0.29, 0.717) is 30.3 Å². The Kier molecular flexibility index (Phi) is 5.55. The molecule has 4 aromatic heterocycles. The first-order chi connectivity index (χ1) is 16.7. The highest BCUT2D eigenvalue weighted by Gasteiger charge is 2.40. The molecule has 5 heterocycles. The monoisotopic (exact) mass is 486 g/mol. The van der Waals surface area contributed by atoms with Gasteiger partial charge in [-0.05, 0) is 32.9 Å². The van der Waals surface area contributed by atoms with E-state index >= 15 is 0 Å². The van der Waals surface area contributed by atoms with Crippen LogP contribution in [-0.2, 0) is 12.0 Å². The van der Waals surface area contributed by atoms with E-state index in [2.05, 4.69) is 20.1 Å². The maximum atomic E-state index is 13.8. The number of hydrogen-bond acceptors (Lipinski definition) is 7. The Morgan fingerprint density at radius 2 is 2.20 bits per heavy atom. The second-order valence-electron chi connectivity index (χ2n) is 8.71. The molecule has 0 radical (unpaired) electrons. The van der Waals surface area contributed by atoms with Crippen molar-refractivity contribution >= 4 is 11.4 Å². The predicted octanol–water partition coefficient (Wildman–Crippen LogP) is 3.40. The van der Waals surface area contributed by atoms with Gasteiger partial charge in [-0.3, -0.25) is 4.79 Å². The van der Waals surface area contributed by atoms with Crippen LogP contribution in [0.15, 0.2) is 35.0 Å². The number of imidazole rings is 1. The summed E-state index contributed by atoms with van der Waals surface area (Å²) < 4.78 is 40.3. The molecule has 0 saturated heterocycles. The summed E-state index contributed by atoms with van der Waals surface area (Å²) in [6.07, 6.45) is -1.11. The molecule has 0 unspecified atom stereocenters. The average Bonchev–Trinajstić information content (AvgIpc) is 3.55. The fraction of sp³-hybridized carbons (Fsp3) is 0.391. The van der Waals surface area contributed by atoms with Crippen molar-refractivity contribution in [1.29, 1.82) is 0 Å². The minimum atomic E-state index is -3.07. The lowest BCUT2D eigenvalue weighted by atomic mass is 9.99. The van der Waals surface area contributed by atoms with Gasteiger partial charge in [0.15, 0.2) is 5.69 Å². The predicted molar refractivity (Wildman–Crippen MR) is 118 cm³/mol. The lowest BCUT2D eigenvalue weighted by molar-refractivity contribution is 0.0440. The van der Waals surface area contributed by atoms with Gasteiger partial charge in [-0.2, -0.15) is 5.10 Å². The molecule has 12 heteroatoms. The molecular formula is C23H24F2N6O4. The van der Waals surface area contributed by atoms with Crippen LogP contribution in [-0.4, -0.2) is 53.6 Å². The van der Waals surface area contributed by atoms with Crippen LogP contribution in [0.2, 0.25) is 0 Å². The van der Waals surface area contributed by atoms with Crippen molar-refractivity contribution in [2.24, 2.45) is 0 Å². The number of halogens is 2. The third-order valence-electron chi connectivity index (χ3n) is 5.81. The number of amides is 1. The van der Waals surface area contributed by atoms with Crippen LogP contribution in [0.1, 0.15) is 72.5 Å². The number of carbonyl (C=O) groups excluding carboxylic acids is 1. The average molecular weight is 486 g/mol. The number of hydrogen-bond donors (Lipinski definition) is 2. The number of H-pyrrole nitrogens is 1. The van der Waals surface area contributed by atoms with Gasteiger partial charge in [-0.1, -0.05) is 6.07 Å². The van der Waals surface area contributed by atoms with Crippen LogP contribution in [0.5, 0.6) is 5.88 Å². The second-order valence-corrected chi connectivity index (χ2v) is 8.71. The molecule has 0 aromatic carbocycles. The van der Waals surface area contributed by atoms with Gasteiger partial charge in [-0.15, -0.1) is 0 Å². The van der Waals surface area contributed by atoms with Crippen molar-refractivity contribution in [1.82, 2.24) is 29.5 Å². The van der Waals surface area contributed by atoms with Crippen molar-refractivity contribution in [3.63, 3.8) is 0 Å². The first kappa shape index (κ1) is 23.0. The number of fused-ring (bicyclic) bond motifs is 2. The van der Waals surface area contributed by atoms with Crippen molar-refractivity contribution in [2.45, 2.75) is 45.3 Å². The Bertz CT molecular complexity index is 1390. The van der Waals surface area contributed by atoms with E-state index in [-0.39, 0.29) is 12.4 Å². The summed E-state index contributed by atoms with van der Waals surface area (Å²) in [6, 6.07) is 6.48. The summed E-state index contributed by atoms with van der Waals surface area (Å²) in [5.74, 6) is -1.24. The molecule has 2 N–H and O–H groups in total. The molecule has 10 nitrogen and oxygen atoms in total. The standard InChI is InChI=1S/C23H24F2N6O4/c1-4-34-15-7-5-6-12-10-14(29-31(12)15)18-16-13(26-11-27-16)8-9-30(18)21(32)19-17(20(24)25)28-22(35-19)23(2,3)33/h5-7,10-11,18,20,33H,4,8-9H2,1-3H3,(H,26,27)/t18-/m0/s1. The van der Waals surface area contributed by atoms with Crippen molar-refractivity contribution in [3.05, 3.63) is 65.0 Å². The van der Waals surface area contributed by atoms with E-state index in [4.69, 9.17) is 9.15 Å². The van der Waals surface area contributed by atoms with Crippen LogP contribution >= 0.6 is 0 Å². The topological polar surface area (TPSA) is 122 Å². The number of aromatic amines is 1. The minimum absolute atomic E-state index is 0.201. The molecule has 0 bridgehead atoms. The van der Waals surface area contributed by atoms with Crippen LogP contribution in [0.25, 0.3) is 5.52 Å². The number of rotatable bonds is 6. The lowest BCUT2D eigenvalue weighted by Crippen LogP contribution is -2.41. The Morgan fingerprint density at radius 1 is 1.40 bits per heavy atom. The Labute approximate surface area is 198 Å². The fourth-order valence-corrected chi connectivity index (χ4v) is 4.22. The zero-order valence-corrected chi connectivity index (χ0v) is 19.3. The zero-order valence-electron chi connectivity index (χ0n) is 19.3. The van der Waals surface area contributed by atoms with Gasteiger partial charge >= 0.3 is 0 Å². The zero-order chi connectivity index (χ0) is 24.9. The van der Waals surface area contributed by atoms with Gasteiger partial charge in [0.25, 0.3) is 12.3 Å². The molecule has 35 heavy (non-hydrogen) atoms. The largest absolute Gasteiger partial charge is 0.478 e. The van der Waals surface area contributed by atoms with Gasteiger partial charge in [0.05, 0.1) is 29.8 Å². The number of ether oxygens (including phenoxy) is 1. The van der Waals surface area contributed by atoms with Gasteiger partial charge in [0, 0.05) is 24.7 Å². The fourth-order valence-electron chi connectivity index (χ4n) is 4.22. The second kappa shape index (κ2) is 8.45. The van der Waals surface area contributed by atoms with Gasteiger partial charge < -0.3 is 24.1 Å². The number of alkyl halides is 2. The molecule has 4 aromatic rings. The smallest absolute Gasteiger partial charge is 0.292 e. The highest BCUT2D eigenvalue weighted by molar-refractivity contribution is 5.93. The van der Waals surface area contributed by atoms with Crippen molar-refractivity contribution in [2.75, 3.05) is 13.2 Å². The molecular weight excluding hydrogens is 462 g/mol. The summed E-state index contributed by atoms with van der Waals surface area (Å²) in [5.41, 5.74) is 0.151. The molecule has 1 aliphatic rings. The summed E-state index contributed by atoms with van der Waals surface area (Å²) in [4.78, 5) is 26.2. The van der Waals surface area contributed by atoms with Gasteiger partial charge in [0.1, 0.15) is 11.6 Å². The normalized spacial score (nSPS) is 16.2. The van der Waals surface area contributed by atoms with E-state index in [1.54, 1.807) is 16.6 Å². The quantitative estimate of drug-likeness (QED) is 0.428. The van der Waals surface area contributed by atoms with E-state index in [1.807, 2.05) is 19.1 Å². The highest BCUT2D eigenvalue weighted by Crippen LogP contribution is 2.37. The van der Waals surface area contributed by atoms with Crippen LogP contribution in [0.3, 0.4) is 0 Å². The van der Waals surface area contributed by atoms with E-state index in [1.165, 1.54) is 25.1 Å². The first-order valence-corrected chi connectivity index (χ1v) is 11.1. The SMILES string of the molecule is CCOc1cccc2cc([C@H]3c4nc[nH]c4CCN3C(=O)c3oc(C(C)(C)O)nc3C(F)F)nn12. The van der Waals surface area contributed by atoms with E-state index in [9.17, 15) is 18.7 Å². The van der Waals surface area contributed by atoms with E-state index in [0.717, 1.165) is 11.2 Å². The lowest BCUT2D eigenvalue weighted by Gasteiger charge is -2.33. The third kappa shape index (κ3) is 3.93. The van der Waals surface area contributed by atoms with Crippen LogP contribution in [0, 0.1) is 0 Å². The number of nitrogens with zero attached hydrogens (tertiary/aromatic N) is 5. The Hall–Kier alpha value is -3.80. The maximum absolute atomic E-state index is 13.8. The summed E-state index contributed by atoms with van der Waals surface area (Å²) >= 11 is 0. The van der Waals surface area contributed by atoms with Crippen molar-refractivity contribution in [3.8, 4) is 5.88 Å².